The Labute approximate surface area is 164 Å². The molecule has 27 heavy (non-hydrogen) atoms. The number of benzene rings is 2. The summed E-state index contributed by atoms with van der Waals surface area (Å²) in [4.78, 5) is 2.79. The van der Waals surface area contributed by atoms with Crippen LogP contribution in [0.25, 0.3) is 0 Å². The van der Waals surface area contributed by atoms with Crippen molar-refractivity contribution in [2.75, 3.05) is 19.6 Å². The molecule has 0 radical (unpaired) electrons. The summed E-state index contributed by atoms with van der Waals surface area (Å²) in [7, 11) is 0. The van der Waals surface area contributed by atoms with Crippen molar-refractivity contribution in [1.29, 1.82) is 0 Å². The molecule has 0 amide bonds. The molecule has 2 heteroatoms. The molecule has 0 aliphatic carbocycles. The summed E-state index contributed by atoms with van der Waals surface area (Å²) < 4.78 is 0. The molecule has 1 saturated heterocycles. The molecule has 2 nitrogen and oxygen atoms in total. The predicted octanol–water partition coefficient (Wildman–Crippen LogP) is 4.91. The number of rotatable bonds is 3. The third-order valence-electron chi connectivity index (χ3n) is 7.46. The first-order valence-corrected chi connectivity index (χ1v) is 11.0. The van der Waals surface area contributed by atoms with Crippen LogP contribution in [0.1, 0.15) is 60.5 Å². The zero-order chi connectivity index (χ0) is 18.2. The average molecular weight is 361 g/mol. The fourth-order valence-corrected chi connectivity index (χ4v) is 5.98. The smallest absolute Gasteiger partial charge is 0.0353 e. The van der Waals surface area contributed by atoms with Crippen LogP contribution in [0.3, 0.4) is 0 Å². The summed E-state index contributed by atoms with van der Waals surface area (Å²) in [6, 6.07) is 19.5. The largest absolute Gasteiger partial charge is 0.310 e. The number of nitrogens with one attached hydrogen (secondary N) is 1. The van der Waals surface area contributed by atoms with Crippen molar-refractivity contribution in [2.24, 2.45) is 11.8 Å². The van der Waals surface area contributed by atoms with Gasteiger partial charge in [0.05, 0.1) is 0 Å². The summed E-state index contributed by atoms with van der Waals surface area (Å²) in [6.45, 7) is 6.06. The molecule has 0 unspecified atom stereocenters. The molecule has 4 atom stereocenters. The highest BCUT2D eigenvalue weighted by Crippen LogP contribution is 2.45. The van der Waals surface area contributed by atoms with E-state index in [9.17, 15) is 0 Å². The first-order chi connectivity index (χ1) is 13.3. The average Bonchev–Trinajstić information content (AvgIpc) is 2.73. The normalized spacial score (nSPS) is 30.3. The predicted molar refractivity (Wildman–Crippen MR) is 112 cm³/mol. The summed E-state index contributed by atoms with van der Waals surface area (Å²) >= 11 is 0. The molecule has 0 bridgehead atoms. The van der Waals surface area contributed by atoms with Crippen molar-refractivity contribution in [3.8, 4) is 0 Å². The first kappa shape index (κ1) is 17.5. The van der Waals surface area contributed by atoms with E-state index in [0.717, 1.165) is 18.4 Å². The van der Waals surface area contributed by atoms with Crippen LogP contribution in [0.5, 0.6) is 0 Å². The van der Waals surface area contributed by atoms with Crippen molar-refractivity contribution < 1.29 is 0 Å². The van der Waals surface area contributed by atoms with Gasteiger partial charge in [0.1, 0.15) is 0 Å². The van der Waals surface area contributed by atoms with E-state index in [-0.39, 0.29) is 0 Å². The molecule has 0 saturated carbocycles. The number of hydrogen-bond acceptors (Lipinski definition) is 2. The van der Waals surface area contributed by atoms with E-state index < -0.39 is 0 Å². The molecule has 2 aromatic rings. The van der Waals surface area contributed by atoms with Gasteiger partial charge in [0.25, 0.3) is 0 Å². The summed E-state index contributed by atoms with van der Waals surface area (Å²) in [5, 5.41) is 3.84. The second-order valence-corrected chi connectivity index (χ2v) is 8.81. The van der Waals surface area contributed by atoms with Crippen molar-refractivity contribution in [2.45, 2.75) is 51.1 Å². The summed E-state index contributed by atoms with van der Waals surface area (Å²) in [5.74, 6) is 1.65. The minimum absolute atomic E-state index is 0.541. The van der Waals surface area contributed by atoms with Crippen molar-refractivity contribution in [3.05, 3.63) is 70.8 Å². The number of piperidine rings is 1. The molecule has 0 spiro atoms. The molecular formula is C25H32N2. The summed E-state index contributed by atoms with van der Waals surface area (Å²) in [5.41, 5.74) is 6.33. The van der Waals surface area contributed by atoms with E-state index in [1.54, 1.807) is 22.3 Å². The van der Waals surface area contributed by atoms with Gasteiger partial charge >= 0.3 is 0 Å². The van der Waals surface area contributed by atoms with Gasteiger partial charge in [-0.05, 0) is 66.3 Å². The minimum Gasteiger partial charge on any atom is -0.310 e. The third kappa shape index (κ3) is 3.23. The van der Waals surface area contributed by atoms with E-state index in [1.807, 2.05) is 0 Å². The van der Waals surface area contributed by atoms with E-state index in [0.29, 0.717) is 12.1 Å². The lowest BCUT2D eigenvalue weighted by Gasteiger charge is -2.48. The van der Waals surface area contributed by atoms with Crippen LogP contribution in [0, 0.1) is 11.8 Å². The van der Waals surface area contributed by atoms with Gasteiger partial charge in [0.15, 0.2) is 0 Å². The van der Waals surface area contributed by atoms with Crippen LogP contribution in [0.4, 0.5) is 0 Å². The molecule has 2 aromatic carbocycles. The molecule has 3 heterocycles. The SMILES string of the molecule is CC[C@H]1CN2CCc3ccccc3[C@@H]2C[C@@H]1C[C@H]1NCCc2ccccc21. The van der Waals surface area contributed by atoms with Crippen molar-refractivity contribution >= 4 is 0 Å². The molecule has 1 fully saturated rings. The van der Waals surface area contributed by atoms with Gasteiger partial charge in [0.2, 0.25) is 0 Å². The minimum atomic E-state index is 0.541. The maximum atomic E-state index is 3.84. The van der Waals surface area contributed by atoms with Gasteiger partial charge in [-0.3, -0.25) is 4.90 Å². The molecular weight excluding hydrogens is 328 g/mol. The van der Waals surface area contributed by atoms with Crippen LogP contribution in [0.2, 0.25) is 0 Å². The van der Waals surface area contributed by atoms with Gasteiger partial charge in [-0.2, -0.15) is 0 Å². The standard InChI is InChI=1S/C25H32N2/c1-2-18-17-27-14-12-20-8-4-6-10-23(20)25(27)16-21(18)15-24-22-9-5-3-7-19(22)11-13-26-24/h3-10,18,21,24-26H,2,11-17H2,1H3/t18-,21-,24+,25-/m0/s1. The monoisotopic (exact) mass is 360 g/mol. The Kier molecular flexibility index (Phi) is 4.79. The second kappa shape index (κ2) is 7.41. The molecule has 1 N–H and O–H groups in total. The molecule has 3 aliphatic heterocycles. The second-order valence-electron chi connectivity index (χ2n) is 8.81. The van der Waals surface area contributed by atoms with Gasteiger partial charge in [-0.15, -0.1) is 0 Å². The zero-order valence-corrected chi connectivity index (χ0v) is 16.5. The Hall–Kier alpha value is -1.64. The molecule has 3 aliphatic rings. The number of fused-ring (bicyclic) bond motifs is 4. The molecule has 5 rings (SSSR count). The van der Waals surface area contributed by atoms with Gasteiger partial charge in [-0.1, -0.05) is 61.9 Å². The fraction of sp³-hybridized carbons (Fsp3) is 0.520. The Bertz CT molecular complexity index is 796. The first-order valence-electron chi connectivity index (χ1n) is 11.0. The van der Waals surface area contributed by atoms with Crippen LogP contribution < -0.4 is 5.32 Å². The van der Waals surface area contributed by atoms with Crippen LogP contribution in [0.15, 0.2) is 48.5 Å². The van der Waals surface area contributed by atoms with Crippen LogP contribution in [-0.4, -0.2) is 24.5 Å². The van der Waals surface area contributed by atoms with Gasteiger partial charge < -0.3 is 5.32 Å². The quantitative estimate of drug-likeness (QED) is 0.837. The van der Waals surface area contributed by atoms with Gasteiger partial charge in [0, 0.05) is 25.2 Å². The maximum absolute atomic E-state index is 3.84. The molecule has 0 aromatic heterocycles. The fourth-order valence-electron chi connectivity index (χ4n) is 5.98. The summed E-state index contributed by atoms with van der Waals surface area (Å²) in [6.07, 6.45) is 6.34. The Morgan fingerprint density at radius 2 is 1.67 bits per heavy atom. The van der Waals surface area contributed by atoms with Crippen molar-refractivity contribution in [1.82, 2.24) is 10.2 Å². The zero-order valence-electron chi connectivity index (χ0n) is 16.5. The third-order valence-corrected chi connectivity index (χ3v) is 7.46. The number of nitrogens with zero attached hydrogens (tertiary/aromatic N) is 1. The highest BCUT2D eigenvalue weighted by molar-refractivity contribution is 5.34. The highest BCUT2D eigenvalue weighted by atomic mass is 15.2. The molecule has 142 valence electrons. The van der Waals surface area contributed by atoms with Crippen LogP contribution >= 0.6 is 0 Å². The van der Waals surface area contributed by atoms with Crippen LogP contribution in [-0.2, 0) is 12.8 Å². The van der Waals surface area contributed by atoms with E-state index in [1.165, 1.54) is 45.2 Å². The van der Waals surface area contributed by atoms with E-state index in [4.69, 9.17) is 0 Å². The maximum Gasteiger partial charge on any atom is 0.0353 e. The topological polar surface area (TPSA) is 15.3 Å². The van der Waals surface area contributed by atoms with E-state index >= 15 is 0 Å². The Balaban J connectivity index is 1.40. The lowest BCUT2D eigenvalue weighted by atomic mass is 9.72. The Morgan fingerprint density at radius 3 is 2.48 bits per heavy atom. The van der Waals surface area contributed by atoms with Gasteiger partial charge in [-0.25, -0.2) is 0 Å². The lowest BCUT2D eigenvalue weighted by Crippen LogP contribution is -2.46. The lowest BCUT2D eigenvalue weighted by molar-refractivity contribution is 0.0437. The Morgan fingerprint density at radius 1 is 0.926 bits per heavy atom. The van der Waals surface area contributed by atoms with E-state index in [2.05, 4.69) is 65.7 Å². The highest BCUT2D eigenvalue weighted by Gasteiger charge is 2.39. The van der Waals surface area contributed by atoms with Crippen molar-refractivity contribution in [3.63, 3.8) is 0 Å². The number of hydrogen-bond donors (Lipinski definition) is 1.